The number of rotatable bonds is 9. The Kier molecular flexibility index (Phi) is 7.69. The molecule has 234 valence electrons. The van der Waals surface area contributed by atoms with Crippen LogP contribution in [0.2, 0.25) is 0 Å². The van der Waals surface area contributed by atoms with Crippen molar-refractivity contribution < 1.29 is 8.78 Å². The number of nitrogens with one attached hydrogen (secondary N) is 2. The normalized spacial score (nSPS) is 14.6. The third-order valence-corrected chi connectivity index (χ3v) is 8.53. The van der Waals surface area contributed by atoms with Crippen LogP contribution in [-0.4, -0.2) is 42.5 Å². The maximum atomic E-state index is 14.1. The maximum Gasteiger partial charge on any atom is 0.263 e. The van der Waals surface area contributed by atoms with Gasteiger partial charge in [0.2, 0.25) is 0 Å². The van der Waals surface area contributed by atoms with Crippen LogP contribution >= 0.6 is 0 Å². The highest BCUT2D eigenvalue weighted by Gasteiger charge is 2.54. The van der Waals surface area contributed by atoms with Crippen LogP contribution in [0.3, 0.4) is 0 Å². The molecule has 1 fully saturated rings. The summed E-state index contributed by atoms with van der Waals surface area (Å²) in [7, 11) is 1.92. The fourth-order valence-corrected chi connectivity index (χ4v) is 5.74. The monoisotopic (exact) mass is 620 g/mol. The van der Waals surface area contributed by atoms with E-state index in [2.05, 4.69) is 63.8 Å². The third kappa shape index (κ3) is 5.51. The number of pyridine rings is 1. The number of aromatic nitrogens is 6. The smallest absolute Gasteiger partial charge is 0.263 e. The zero-order valence-electron chi connectivity index (χ0n) is 26.3. The molecule has 1 aliphatic rings. The van der Waals surface area contributed by atoms with Gasteiger partial charge >= 0.3 is 0 Å². The van der Waals surface area contributed by atoms with Crippen LogP contribution in [0.4, 0.5) is 20.2 Å². The summed E-state index contributed by atoms with van der Waals surface area (Å²) >= 11 is 0. The molecule has 2 aromatic carbocycles. The predicted molar refractivity (Wildman–Crippen MR) is 171 cm³/mol. The topological polar surface area (TPSA) is 133 Å². The third-order valence-electron chi connectivity index (χ3n) is 8.53. The van der Waals surface area contributed by atoms with Crippen molar-refractivity contribution in [2.45, 2.75) is 58.5 Å². The summed E-state index contributed by atoms with van der Waals surface area (Å²) in [5.41, 5.74) is 5.01. The molecule has 0 spiro atoms. The second-order valence-corrected chi connectivity index (χ2v) is 13.1. The quantitative estimate of drug-likeness (QED) is 0.186. The van der Waals surface area contributed by atoms with Gasteiger partial charge in [0.05, 0.1) is 64.5 Å². The van der Waals surface area contributed by atoms with Crippen LogP contribution in [0.15, 0.2) is 55.2 Å². The number of benzene rings is 2. The molecule has 3 aromatic heterocycles. The molecule has 0 saturated heterocycles. The summed E-state index contributed by atoms with van der Waals surface area (Å²) in [6.45, 7) is 8.83. The van der Waals surface area contributed by atoms with Crippen LogP contribution in [0, 0.1) is 35.0 Å². The molecule has 10 nitrogen and oxygen atoms in total. The molecule has 46 heavy (non-hydrogen) atoms. The number of halogens is 2. The van der Waals surface area contributed by atoms with E-state index in [1.807, 2.05) is 36.7 Å². The molecule has 5 aromatic rings. The van der Waals surface area contributed by atoms with E-state index in [1.165, 1.54) is 10.9 Å². The number of aryl methyl sites for hydroxylation is 1. The highest BCUT2D eigenvalue weighted by Crippen LogP contribution is 2.48. The van der Waals surface area contributed by atoms with E-state index < -0.39 is 18.0 Å². The lowest BCUT2D eigenvalue weighted by Crippen LogP contribution is -2.26. The van der Waals surface area contributed by atoms with Crippen LogP contribution in [0.5, 0.6) is 0 Å². The Morgan fingerprint density at radius 3 is 2.52 bits per heavy atom. The molecule has 0 aliphatic heterocycles. The minimum atomic E-state index is -2.57. The molecule has 6 rings (SSSR count). The Bertz CT molecular complexity index is 2020. The van der Waals surface area contributed by atoms with Gasteiger partial charge in [-0.1, -0.05) is 44.2 Å². The summed E-state index contributed by atoms with van der Waals surface area (Å²) in [4.78, 5) is 8.94. The Balaban J connectivity index is 1.53. The van der Waals surface area contributed by atoms with E-state index in [0.717, 1.165) is 22.4 Å². The van der Waals surface area contributed by atoms with Crippen LogP contribution in [0.1, 0.15) is 67.6 Å². The number of nitriles is 2. The first-order chi connectivity index (χ1) is 22.0. The largest absolute Gasteiger partial charge is 0.383 e. The first-order valence-corrected chi connectivity index (χ1v) is 15.0. The Hall–Kier alpha value is -5.36. The first-order valence-electron chi connectivity index (χ1n) is 15.0. The average molecular weight is 621 g/mol. The van der Waals surface area contributed by atoms with Gasteiger partial charge in [0.1, 0.15) is 17.3 Å². The van der Waals surface area contributed by atoms with Gasteiger partial charge in [-0.2, -0.15) is 10.5 Å². The Labute approximate surface area is 265 Å². The van der Waals surface area contributed by atoms with Gasteiger partial charge in [-0.15, -0.1) is 5.10 Å². The van der Waals surface area contributed by atoms with Crippen molar-refractivity contribution in [2.24, 2.45) is 12.5 Å². The fraction of sp³-hybridized carbons (Fsp3) is 0.353. The molecular weight excluding hydrogens is 586 g/mol. The molecule has 3 heterocycles. The predicted octanol–water partition coefficient (Wildman–Crippen LogP) is 6.69. The van der Waals surface area contributed by atoms with Crippen LogP contribution in [-0.2, 0) is 12.6 Å². The van der Waals surface area contributed by atoms with Crippen molar-refractivity contribution in [2.75, 3.05) is 17.2 Å². The molecular formula is C34H34F2N10. The summed E-state index contributed by atoms with van der Waals surface area (Å²) in [6, 6.07) is 13.1. The zero-order chi connectivity index (χ0) is 32.8. The van der Waals surface area contributed by atoms with E-state index in [9.17, 15) is 19.3 Å². The van der Waals surface area contributed by atoms with Gasteiger partial charge in [-0.05, 0) is 48.4 Å². The van der Waals surface area contributed by atoms with Crippen molar-refractivity contribution in [3.63, 3.8) is 0 Å². The molecule has 12 heteroatoms. The molecule has 1 aliphatic carbocycles. The standard InChI is InChI=1S/C34H34F2N10/c1-20-23(28-16-39-19-45(28)5)7-6-8-24(20)31(27-17-46(44-43-27)34(9-10-34)32(35)36)42-26-12-21(13-37)11-25-29(41-18-33(2,3)4)22(14-38)15-40-30(25)26/h6-8,11-12,15-17,19,31-32,42H,9-10,18H2,1-5H3,(H,40,41)/t31-/m0/s1. The minimum absolute atomic E-state index is 0.0826. The zero-order valence-corrected chi connectivity index (χ0v) is 26.3. The number of alkyl halides is 2. The Morgan fingerprint density at radius 1 is 1.11 bits per heavy atom. The highest BCUT2D eigenvalue weighted by atomic mass is 19.3. The number of hydrogen-bond donors (Lipinski definition) is 2. The number of fused-ring (bicyclic) bond motifs is 1. The van der Waals surface area contributed by atoms with Crippen molar-refractivity contribution in [3.8, 4) is 23.4 Å². The van der Waals surface area contributed by atoms with Crippen molar-refractivity contribution >= 4 is 22.3 Å². The summed E-state index contributed by atoms with van der Waals surface area (Å²) < 4.78 is 31.4. The molecule has 0 radical (unpaired) electrons. The van der Waals surface area contributed by atoms with Crippen molar-refractivity contribution in [3.05, 3.63) is 83.2 Å². The van der Waals surface area contributed by atoms with Crippen LogP contribution in [0.25, 0.3) is 22.2 Å². The summed E-state index contributed by atoms with van der Waals surface area (Å²) in [5, 5.41) is 36.1. The SMILES string of the molecule is Cc1c(-c2cncn2C)cccc1[C@H](Nc1cc(C#N)cc2c(NCC(C)(C)C)c(C#N)cnc12)c1cn(C2(C(F)F)CC2)nn1. The van der Waals surface area contributed by atoms with Gasteiger partial charge in [0, 0.05) is 30.7 Å². The van der Waals surface area contributed by atoms with E-state index >= 15 is 0 Å². The van der Waals surface area contributed by atoms with Gasteiger partial charge < -0.3 is 15.2 Å². The second kappa shape index (κ2) is 11.5. The maximum absolute atomic E-state index is 14.1. The number of anilines is 2. The van der Waals surface area contributed by atoms with E-state index in [-0.39, 0.29) is 5.41 Å². The molecule has 2 N–H and O–H groups in total. The highest BCUT2D eigenvalue weighted by molar-refractivity contribution is 6.01. The first kappa shape index (κ1) is 30.7. The lowest BCUT2D eigenvalue weighted by molar-refractivity contribution is 0.0593. The number of hydrogen-bond acceptors (Lipinski definition) is 8. The Morgan fingerprint density at radius 2 is 1.89 bits per heavy atom. The van der Waals surface area contributed by atoms with E-state index in [0.29, 0.717) is 58.5 Å². The van der Waals surface area contributed by atoms with E-state index in [1.54, 1.807) is 30.9 Å². The molecule has 0 amide bonds. The molecule has 0 unspecified atom stereocenters. The summed E-state index contributed by atoms with van der Waals surface area (Å²) in [6.07, 6.45) is 4.70. The average Bonchev–Trinajstić information content (AvgIpc) is 3.50. The number of imidazole rings is 1. The lowest BCUT2D eigenvalue weighted by Gasteiger charge is -2.24. The second-order valence-electron chi connectivity index (χ2n) is 13.1. The molecule has 0 bridgehead atoms. The minimum Gasteiger partial charge on any atom is -0.383 e. The van der Waals surface area contributed by atoms with Gasteiger partial charge in [0.15, 0.2) is 0 Å². The molecule has 1 atom stereocenters. The lowest BCUT2D eigenvalue weighted by atomic mass is 9.93. The van der Waals surface area contributed by atoms with Crippen molar-refractivity contribution in [1.82, 2.24) is 29.5 Å². The van der Waals surface area contributed by atoms with E-state index in [4.69, 9.17) is 0 Å². The van der Waals surface area contributed by atoms with Crippen LogP contribution < -0.4 is 10.6 Å². The van der Waals surface area contributed by atoms with Crippen molar-refractivity contribution in [1.29, 1.82) is 10.5 Å². The molecule has 1 saturated carbocycles. The fourth-order valence-electron chi connectivity index (χ4n) is 5.74. The van der Waals surface area contributed by atoms with Gasteiger partial charge in [-0.3, -0.25) is 4.98 Å². The van der Waals surface area contributed by atoms with Gasteiger partial charge in [0.25, 0.3) is 6.43 Å². The number of nitrogens with zero attached hydrogens (tertiary/aromatic N) is 8. The van der Waals surface area contributed by atoms with Gasteiger partial charge in [-0.25, -0.2) is 18.4 Å². The summed E-state index contributed by atoms with van der Waals surface area (Å²) in [5.74, 6) is 0.